The van der Waals surface area contributed by atoms with E-state index in [1.54, 1.807) is 7.05 Å². The molecule has 1 atom stereocenters. The highest BCUT2D eigenvalue weighted by Crippen LogP contribution is 2.33. The summed E-state index contributed by atoms with van der Waals surface area (Å²) in [5.74, 6) is 2.45. The molecule has 0 bridgehead atoms. The van der Waals surface area contributed by atoms with Crippen molar-refractivity contribution in [2.24, 2.45) is 4.99 Å². The highest BCUT2D eigenvalue weighted by molar-refractivity contribution is 5.88. The van der Waals surface area contributed by atoms with E-state index >= 15 is 0 Å². The molecule has 2 fully saturated rings. The molecule has 1 aliphatic carbocycles. The summed E-state index contributed by atoms with van der Waals surface area (Å²) < 4.78 is 5.74. The molecule has 1 N–H and O–H groups in total. The topological polar surface area (TPSA) is 57.2 Å². The van der Waals surface area contributed by atoms with Gasteiger partial charge in [-0.05, 0) is 30.9 Å². The van der Waals surface area contributed by atoms with Crippen LogP contribution >= 0.6 is 0 Å². The van der Waals surface area contributed by atoms with Gasteiger partial charge in [0, 0.05) is 38.6 Å². The minimum absolute atomic E-state index is 0.230. The number of guanidine groups is 1. The minimum Gasteiger partial charge on any atom is -0.493 e. The number of nitrogens with one attached hydrogen (secondary N) is 1. The van der Waals surface area contributed by atoms with Crippen molar-refractivity contribution in [2.75, 3.05) is 39.8 Å². The van der Waals surface area contributed by atoms with E-state index in [0.717, 1.165) is 44.4 Å². The van der Waals surface area contributed by atoms with E-state index < -0.39 is 0 Å². The van der Waals surface area contributed by atoms with Crippen LogP contribution in [0.3, 0.4) is 0 Å². The largest absolute Gasteiger partial charge is 0.493 e. The second kappa shape index (κ2) is 6.94. The van der Waals surface area contributed by atoms with Crippen LogP contribution in [0.4, 0.5) is 0 Å². The van der Waals surface area contributed by atoms with Crippen molar-refractivity contribution in [3.63, 3.8) is 0 Å². The summed E-state index contributed by atoms with van der Waals surface area (Å²) >= 11 is 0. The van der Waals surface area contributed by atoms with Crippen molar-refractivity contribution in [1.29, 1.82) is 0 Å². The molecule has 1 amide bonds. The van der Waals surface area contributed by atoms with Crippen LogP contribution in [0, 0.1) is 0 Å². The monoisotopic (exact) mass is 342 g/mol. The standard InChI is InChI=1S/C19H26N4O2/c1-20-19(22-9-10-23(15-6-7-15)18(24)13-22)21-12-14-8-11-25-17-5-3-2-4-16(14)17/h2-5,14-15H,6-13H2,1H3,(H,20,21). The fourth-order valence-electron chi connectivity index (χ4n) is 3.81. The lowest BCUT2D eigenvalue weighted by Gasteiger charge is -2.36. The molecule has 134 valence electrons. The van der Waals surface area contributed by atoms with Gasteiger partial charge in [-0.15, -0.1) is 0 Å². The summed E-state index contributed by atoms with van der Waals surface area (Å²) in [7, 11) is 1.79. The Bertz CT molecular complexity index is 671. The first-order valence-electron chi connectivity index (χ1n) is 9.23. The highest BCUT2D eigenvalue weighted by Gasteiger charge is 2.36. The third-order valence-corrected chi connectivity index (χ3v) is 5.35. The number of fused-ring (bicyclic) bond motifs is 1. The van der Waals surface area contributed by atoms with Gasteiger partial charge in [-0.2, -0.15) is 0 Å². The number of amides is 1. The Morgan fingerprint density at radius 1 is 1.28 bits per heavy atom. The van der Waals surface area contributed by atoms with Gasteiger partial charge in [0.1, 0.15) is 5.75 Å². The number of hydrogen-bond acceptors (Lipinski definition) is 3. The number of hydrogen-bond donors (Lipinski definition) is 1. The quantitative estimate of drug-likeness (QED) is 0.667. The molecule has 6 heteroatoms. The first kappa shape index (κ1) is 16.2. The van der Waals surface area contributed by atoms with Gasteiger partial charge in [0.2, 0.25) is 5.91 Å². The molecular weight excluding hydrogens is 316 g/mol. The molecule has 25 heavy (non-hydrogen) atoms. The number of ether oxygens (including phenoxy) is 1. The number of piperazine rings is 1. The number of carbonyl (C=O) groups excluding carboxylic acids is 1. The number of benzene rings is 1. The smallest absolute Gasteiger partial charge is 0.242 e. The van der Waals surface area contributed by atoms with Crippen molar-refractivity contribution in [3.05, 3.63) is 29.8 Å². The second-order valence-electron chi connectivity index (χ2n) is 7.04. The summed E-state index contributed by atoms with van der Waals surface area (Å²) in [5, 5.41) is 3.48. The maximum absolute atomic E-state index is 12.4. The summed E-state index contributed by atoms with van der Waals surface area (Å²) in [4.78, 5) is 20.9. The molecule has 0 radical (unpaired) electrons. The van der Waals surface area contributed by atoms with E-state index in [1.807, 2.05) is 17.0 Å². The Kier molecular flexibility index (Phi) is 4.51. The van der Waals surface area contributed by atoms with E-state index in [4.69, 9.17) is 4.74 Å². The molecule has 0 spiro atoms. The van der Waals surface area contributed by atoms with Gasteiger partial charge in [0.25, 0.3) is 0 Å². The van der Waals surface area contributed by atoms with Crippen LogP contribution < -0.4 is 10.1 Å². The van der Waals surface area contributed by atoms with E-state index in [0.29, 0.717) is 18.5 Å². The number of aliphatic imine (C=N–C) groups is 1. The molecule has 0 aromatic heterocycles. The second-order valence-corrected chi connectivity index (χ2v) is 7.04. The Hall–Kier alpha value is -2.24. The van der Waals surface area contributed by atoms with Crippen LogP contribution in [0.2, 0.25) is 0 Å². The summed E-state index contributed by atoms with van der Waals surface area (Å²) in [6.45, 7) is 3.65. The molecule has 1 saturated heterocycles. The fourth-order valence-corrected chi connectivity index (χ4v) is 3.81. The molecule has 6 nitrogen and oxygen atoms in total. The minimum atomic E-state index is 0.230. The molecule has 4 rings (SSSR count). The van der Waals surface area contributed by atoms with Gasteiger partial charge in [-0.25, -0.2) is 0 Å². The lowest BCUT2D eigenvalue weighted by Crippen LogP contribution is -2.56. The Labute approximate surface area is 148 Å². The number of nitrogens with zero attached hydrogens (tertiary/aromatic N) is 3. The zero-order valence-electron chi connectivity index (χ0n) is 14.8. The van der Waals surface area contributed by atoms with Crippen molar-refractivity contribution in [2.45, 2.75) is 31.2 Å². The van der Waals surface area contributed by atoms with Crippen molar-refractivity contribution < 1.29 is 9.53 Å². The molecule has 1 aromatic carbocycles. The van der Waals surface area contributed by atoms with E-state index in [-0.39, 0.29) is 5.91 Å². The normalized spacial score (nSPS) is 24.0. The highest BCUT2D eigenvalue weighted by atomic mass is 16.5. The predicted molar refractivity (Wildman–Crippen MR) is 97.0 cm³/mol. The molecule has 1 aromatic rings. The fraction of sp³-hybridized carbons (Fsp3) is 0.579. The maximum Gasteiger partial charge on any atom is 0.242 e. The van der Waals surface area contributed by atoms with Crippen molar-refractivity contribution in [3.8, 4) is 5.75 Å². The first-order chi connectivity index (χ1) is 12.3. The van der Waals surface area contributed by atoms with Gasteiger partial charge in [-0.3, -0.25) is 9.79 Å². The molecule has 1 unspecified atom stereocenters. The zero-order chi connectivity index (χ0) is 17.2. The average Bonchev–Trinajstić information content (AvgIpc) is 3.47. The van der Waals surface area contributed by atoms with Crippen LogP contribution in [0.5, 0.6) is 5.75 Å². The lowest BCUT2D eigenvalue weighted by atomic mass is 9.93. The third-order valence-electron chi connectivity index (χ3n) is 5.35. The summed E-state index contributed by atoms with van der Waals surface area (Å²) in [5.41, 5.74) is 1.26. The van der Waals surface area contributed by atoms with Gasteiger partial charge in [0.05, 0.1) is 13.2 Å². The van der Waals surface area contributed by atoms with Crippen LogP contribution in [0.25, 0.3) is 0 Å². The average molecular weight is 342 g/mol. The van der Waals surface area contributed by atoms with E-state index in [9.17, 15) is 4.79 Å². The van der Waals surface area contributed by atoms with Crippen molar-refractivity contribution in [1.82, 2.24) is 15.1 Å². The Balaban J connectivity index is 1.36. The zero-order valence-corrected chi connectivity index (χ0v) is 14.8. The molecular formula is C19H26N4O2. The summed E-state index contributed by atoms with van der Waals surface area (Å²) in [6.07, 6.45) is 3.33. The predicted octanol–water partition coefficient (Wildman–Crippen LogP) is 1.43. The van der Waals surface area contributed by atoms with E-state index in [1.165, 1.54) is 18.4 Å². The van der Waals surface area contributed by atoms with Crippen LogP contribution in [0.15, 0.2) is 29.3 Å². The van der Waals surface area contributed by atoms with Crippen LogP contribution in [0.1, 0.15) is 30.7 Å². The van der Waals surface area contributed by atoms with Gasteiger partial charge < -0.3 is 19.9 Å². The van der Waals surface area contributed by atoms with E-state index in [2.05, 4.69) is 27.3 Å². The lowest BCUT2D eigenvalue weighted by molar-refractivity contribution is -0.135. The first-order valence-corrected chi connectivity index (χ1v) is 9.23. The van der Waals surface area contributed by atoms with Gasteiger partial charge in [-0.1, -0.05) is 18.2 Å². The molecule has 2 heterocycles. The van der Waals surface area contributed by atoms with Gasteiger partial charge >= 0.3 is 0 Å². The van der Waals surface area contributed by atoms with Crippen LogP contribution in [-0.2, 0) is 4.79 Å². The number of carbonyl (C=O) groups is 1. The molecule has 1 saturated carbocycles. The molecule has 3 aliphatic rings. The SMILES string of the molecule is CN=C(NCC1CCOc2ccccc21)N1CCN(C2CC2)C(=O)C1. The Morgan fingerprint density at radius 2 is 2.12 bits per heavy atom. The number of rotatable bonds is 3. The van der Waals surface area contributed by atoms with Crippen LogP contribution in [-0.4, -0.2) is 67.5 Å². The Morgan fingerprint density at radius 3 is 2.88 bits per heavy atom. The van der Waals surface area contributed by atoms with Gasteiger partial charge in [0.15, 0.2) is 5.96 Å². The number of para-hydroxylation sites is 1. The summed E-state index contributed by atoms with van der Waals surface area (Å²) in [6, 6.07) is 8.75. The third kappa shape index (κ3) is 3.43. The van der Waals surface area contributed by atoms with Crippen molar-refractivity contribution >= 4 is 11.9 Å². The molecule has 2 aliphatic heterocycles. The maximum atomic E-state index is 12.4.